The highest BCUT2D eigenvalue weighted by atomic mass is 16.3. The Morgan fingerprint density at radius 1 is 0.679 bits per heavy atom. The van der Waals surface area contributed by atoms with Crippen LogP contribution < -0.4 is 5.43 Å². The quantitative estimate of drug-likeness (QED) is 0.355. The first-order valence-electron chi connectivity index (χ1n) is 9.33. The van der Waals surface area contributed by atoms with Gasteiger partial charge in [-0.05, 0) is 41.5 Å². The van der Waals surface area contributed by atoms with E-state index in [9.17, 15) is 4.79 Å². The van der Waals surface area contributed by atoms with Gasteiger partial charge in [0.15, 0.2) is 0 Å². The molecule has 0 bridgehead atoms. The summed E-state index contributed by atoms with van der Waals surface area (Å²) in [5.74, 6) is 0.610. The second-order valence-corrected chi connectivity index (χ2v) is 7.06. The van der Waals surface area contributed by atoms with Crippen molar-refractivity contribution in [3.63, 3.8) is 0 Å². The summed E-state index contributed by atoms with van der Waals surface area (Å²) in [4.78, 5) is 13.5. The average molecular weight is 362 g/mol. The lowest BCUT2D eigenvalue weighted by atomic mass is 9.96. The normalized spacial score (nSPS) is 11.2. The van der Waals surface area contributed by atoms with Crippen molar-refractivity contribution in [2.45, 2.75) is 6.92 Å². The highest BCUT2D eigenvalue weighted by molar-refractivity contribution is 5.93. The van der Waals surface area contributed by atoms with Crippen LogP contribution in [0, 0.1) is 6.92 Å². The minimum Gasteiger partial charge on any atom is -0.455 e. The Kier molecular flexibility index (Phi) is 3.84. The van der Waals surface area contributed by atoms with E-state index in [2.05, 4.69) is 24.3 Å². The SMILES string of the molecule is Cc1ccc2oc(-c3ccc4ccccc4c3)c(-c3ccccc3)c(=O)c2c1. The molecule has 0 fully saturated rings. The summed E-state index contributed by atoms with van der Waals surface area (Å²) in [6, 6.07) is 29.9. The van der Waals surface area contributed by atoms with Crippen molar-refractivity contribution in [3.05, 3.63) is 107 Å². The molecular formula is C26H18O2. The van der Waals surface area contributed by atoms with Gasteiger partial charge in [0.05, 0.1) is 10.9 Å². The van der Waals surface area contributed by atoms with Gasteiger partial charge < -0.3 is 4.42 Å². The second-order valence-electron chi connectivity index (χ2n) is 7.06. The van der Waals surface area contributed by atoms with Gasteiger partial charge in [0.1, 0.15) is 11.3 Å². The molecule has 1 heterocycles. The summed E-state index contributed by atoms with van der Waals surface area (Å²) in [6.07, 6.45) is 0. The van der Waals surface area contributed by atoms with E-state index in [-0.39, 0.29) is 5.43 Å². The summed E-state index contributed by atoms with van der Waals surface area (Å²) in [5.41, 5.74) is 4.02. The predicted molar refractivity (Wildman–Crippen MR) is 116 cm³/mol. The maximum Gasteiger partial charge on any atom is 0.201 e. The van der Waals surface area contributed by atoms with Gasteiger partial charge in [-0.2, -0.15) is 0 Å². The van der Waals surface area contributed by atoms with E-state index in [4.69, 9.17) is 4.42 Å². The van der Waals surface area contributed by atoms with Crippen molar-refractivity contribution in [2.75, 3.05) is 0 Å². The molecule has 0 aliphatic rings. The minimum absolute atomic E-state index is 0.000640. The van der Waals surface area contributed by atoms with Crippen molar-refractivity contribution in [2.24, 2.45) is 0 Å². The molecule has 5 rings (SSSR count). The highest BCUT2D eigenvalue weighted by Gasteiger charge is 2.18. The van der Waals surface area contributed by atoms with E-state index in [1.165, 1.54) is 0 Å². The van der Waals surface area contributed by atoms with E-state index in [0.717, 1.165) is 27.5 Å². The fourth-order valence-corrected chi connectivity index (χ4v) is 3.71. The number of fused-ring (bicyclic) bond motifs is 2. The van der Waals surface area contributed by atoms with E-state index in [1.807, 2.05) is 73.7 Å². The first-order valence-corrected chi connectivity index (χ1v) is 9.33. The highest BCUT2D eigenvalue weighted by Crippen LogP contribution is 2.34. The van der Waals surface area contributed by atoms with Crippen molar-refractivity contribution in [1.82, 2.24) is 0 Å². The summed E-state index contributed by atoms with van der Waals surface area (Å²) < 4.78 is 6.32. The van der Waals surface area contributed by atoms with Crippen molar-refractivity contribution < 1.29 is 4.42 Å². The van der Waals surface area contributed by atoms with Gasteiger partial charge >= 0.3 is 0 Å². The van der Waals surface area contributed by atoms with Crippen LogP contribution in [0.4, 0.5) is 0 Å². The average Bonchev–Trinajstić information content (AvgIpc) is 2.74. The molecule has 0 radical (unpaired) electrons. The standard InChI is InChI=1S/C26H18O2/c1-17-11-14-23-22(15-17)25(27)24(19-8-3-2-4-9-19)26(28-23)21-13-12-18-7-5-6-10-20(18)16-21/h2-16H,1H3. The molecule has 134 valence electrons. The second kappa shape index (κ2) is 6.50. The Morgan fingerprint density at radius 3 is 2.25 bits per heavy atom. The molecule has 4 aromatic carbocycles. The maximum atomic E-state index is 13.5. The number of hydrogen-bond donors (Lipinski definition) is 0. The van der Waals surface area contributed by atoms with E-state index in [1.54, 1.807) is 0 Å². The van der Waals surface area contributed by atoms with Crippen LogP contribution in [0.3, 0.4) is 0 Å². The molecule has 1 aromatic heterocycles. The molecule has 0 unspecified atom stereocenters. The molecule has 0 aliphatic heterocycles. The molecule has 5 aromatic rings. The summed E-state index contributed by atoms with van der Waals surface area (Å²) in [5, 5.41) is 2.89. The Balaban J connectivity index is 1.88. The van der Waals surface area contributed by atoms with Crippen LogP contribution in [0.1, 0.15) is 5.56 Å². The Labute approximate surface area is 162 Å². The van der Waals surface area contributed by atoms with Crippen molar-refractivity contribution in [1.29, 1.82) is 0 Å². The Hall–Kier alpha value is -3.65. The lowest BCUT2D eigenvalue weighted by Crippen LogP contribution is -2.07. The van der Waals surface area contributed by atoms with Crippen molar-refractivity contribution >= 4 is 21.7 Å². The molecule has 0 atom stereocenters. The summed E-state index contributed by atoms with van der Waals surface area (Å²) in [6.45, 7) is 1.98. The number of aryl methyl sites for hydroxylation is 1. The van der Waals surface area contributed by atoms with Gasteiger partial charge in [0.25, 0.3) is 0 Å². The zero-order valence-corrected chi connectivity index (χ0v) is 15.5. The number of hydrogen-bond acceptors (Lipinski definition) is 2. The molecule has 0 aliphatic carbocycles. The largest absolute Gasteiger partial charge is 0.455 e. The molecule has 2 nitrogen and oxygen atoms in total. The van der Waals surface area contributed by atoms with Crippen LogP contribution >= 0.6 is 0 Å². The zero-order valence-electron chi connectivity index (χ0n) is 15.5. The van der Waals surface area contributed by atoms with Gasteiger partial charge in [-0.15, -0.1) is 0 Å². The molecule has 0 saturated carbocycles. The zero-order chi connectivity index (χ0) is 19.1. The predicted octanol–water partition coefficient (Wildman–Crippen LogP) is 6.59. The summed E-state index contributed by atoms with van der Waals surface area (Å²) >= 11 is 0. The molecule has 0 N–H and O–H groups in total. The lowest BCUT2D eigenvalue weighted by Gasteiger charge is -2.12. The number of rotatable bonds is 2. The van der Waals surface area contributed by atoms with Gasteiger partial charge in [0.2, 0.25) is 5.43 Å². The molecular weight excluding hydrogens is 344 g/mol. The Bertz CT molecular complexity index is 1380. The molecule has 28 heavy (non-hydrogen) atoms. The fourth-order valence-electron chi connectivity index (χ4n) is 3.71. The molecule has 2 heteroatoms. The lowest BCUT2D eigenvalue weighted by molar-refractivity contribution is 0.621. The topological polar surface area (TPSA) is 30.2 Å². The van der Waals surface area contributed by atoms with E-state index < -0.39 is 0 Å². The van der Waals surface area contributed by atoms with Crippen molar-refractivity contribution in [3.8, 4) is 22.5 Å². The minimum atomic E-state index is -0.000640. The smallest absolute Gasteiger partial charge is 0.201 e. The van der Waals surface area contributed by atoms with E-state index >= 15 is 0 Å². The van der Waals surface area contributed by atoms with Gasteiger partial charge in [-0.25, -0.2) is 0 Å². The first-order chi connectivity index (χ1) is 13.7. The summed E-state index contributed by atoms with van der Waals surface area (Å²) in [7, 11) is 0. The van der Waals surface area contributed by atoms with Gasteiger partial charge in [-0.3, -0.25) is 4.79 Å². The monoisotopic (exact) mass is 362 g/mol. The third-order valence-electron chi connectivity index (χ3n) is 5.12. The van der Waals surface area contributed by atoms with E-state index in [0.29, 0.717) is 22.3 Å². The maximum absolute atomic E-state index is 13.5. The fraction of sp³-hybridized carbons (Fsp3) is 0.0385. The van der Waals surface area contributed by atoms with Crippen LogP contribution in [0.15, 0.2) is 100 Å². The van der Waals surface area contributed by atoms with Gasteiger partial charge in [-0.1, -0.05) is 78.4 Å². The van der Waals surface area contributed by atoms with Crippen LogP contribution in [-0.2, 0) is 0 Å². The van der Waals surface area contributed by atoms with Crippen LogP contribution in [0.5, 0.6) is 0 Å². The molecule has 0 amide bonds. The third kappa shape index (κ3) is 2.71. The third-order valence-corrected chi connectivity index (χ3v) is 5.12. The van der Waals surface area contributed by atoms with Crippen LogP contribution in [0.25, 0.3) is 44.2 Å². The first kappa shape index (κ1) is 16.5. The molecule has 0 spiro atoms. The molecule has 0 saturated heterocycles. The Morgan fingerprint density at radius 2 is 1.43 bits per heavy atom. The van der Waals surface area contributed by atoms with Crippen LogP contribution in [-0.4, -0.2) is 0 Å². The van der Waals surface area contributed by atoms with Crippen LogP contribution in [0.2, 0.25) is 0 Å². The number of benzene rings is 4. The van der Waals surface area contributed by atoms with Gasteiger partial charge in [0, 0.05) is 5.56 Å².